The van der Waals surface area contributed by atoms with Crippen molar-refractivity contribution in [2.24, 2.45) is 0 Å². The Labute approximate surface area is 172 Å². The normalized spacial score (nSPS) is 10.3. The first kappa shape index (κ1) is 22.3. The minimum Gasteiger partial charge on any atom is -0.496 e. The second-order valence-electron chi connectivity index (χ2n) is 6.09. The predicted octanol–water partition coefficient (Wildman–Crippen LogP) is 1.87. The predicted molar refractivity (Wildman–Crippen MR) is 108 cm³/mol. The third kappa shape index (κ3) is 7.49. The SMILES string of the molecule is COc1ccccc1CN(C)C(=O)COC(=O)CSCC(=O)Nc1cc(C)on1. The highest BCUT2D eigenvalue weighted by Gasteiger charge is 2.15. The van der Waals surface area contributed by atoms with Crippen molar-refractivity contribution >= 4 is 35.4 Å². The molecule has 0 aliphatic carbocycles. The number of anilines is 1. The van der Waals surface area contributed by atoms with E-state index in [1.54, 1.807) is 27.1 Å². The van der Waals surface area contributed by atoms with Gasteiger partial charge in [0.05, 0.1) is 18.6 Å². The highest BCUT2D eigenvalue weighted by Crippen LogP contribution is 2.18. The van der Waals surface area contributed by atoms with E-state index in [0.29, 0.717) is 23.9 Å². The van der Waals surface area contributed by atoms with Gasteiger partial charge in [-0.3, -0.25) is 14.4 Å². The first-order chi connectivity index (χ1) is 13.9. The lowest BCUT2D eigenvalue weighted by Crippen LogP contribution is -2.31. The van der Waals surface area contributed by atoms with E-state index in [1.165, 1.54) is 4.90 Å². The monoisotopic (exact) mass is 421 g/mol. The Morgan fingerprint density at radius 2 is 2.00 bits per heavy atom. The third-order valence-corrected chi connectivity index (χ3v) is 4.64. The molecule has 1 N–H and O–H groups in total. The number of nitrogens with one attached hydrogen (secondary N) is 1. The Hall–Kier alpha value is -3.01. The summed E-state index contributed by atoms with van der Waals surface area (Å²) in [6.07, 6.45) is 0. The number of carbonyl (C=O) groups excluding carboxylic acids is 3. The van der Waals surface area contributed by atoms with E-state index in [0.717, 1.165) is 17.3 Å². The summed E-state index contributed by atoms with van der Waals surface area (Å²) >= 11 is 1.08. The van der Waals surface area contributed by atoms with Crippen LogP contribution in [0.4, 0.5) is 5.82 Å². The number of methoxy groups -OCH3 is 1. The Bertz CT molecular complexity index is 854. The number of likely N-dealkylation sites (N-methyl/N-ethyl adjacent to an activating group) is 1. The third-order valence-electron chi connectivity index (χ3n) is 3.73. The van der Waals surface area contributed by atoms with Crippen molar-refractivity contribution in [3.63, 3.8) is 0 Å². The fourth-order valence-corrected chi connectivity index (χ4v) is 2.91. The Morgan fingerprint density at radius 3 is 2.69 bits per heavy atom. The van der Waals surface area contributed by atoms with Gasteiger partial charge < -0.3 is 24.2 Å². The molecule has 0 unspecified atom stereocenters. The number of amides is 2. The van der Waals surface area contributed by atoms with Crippen molar-refractivity contribution in [3.05, 3.63) is 41.7 Å². The summed E-state index contributed by atoms with van der Waals surface area (Å²) < 4.78 is 15.1. The van der Waals surface area contributed by atoms with Gasteiger partial charge in [-0.05, 0) is 13.0 Å². The number of aromatic nitrogens is 1. The quantitative estimate of drug-likeness (QED) is 0.579. The summed E-state index contributed by atoms with van der Waals surface area (Å²) in [5.74, 6) is 0.351. The topological polar surface area (TPSA) is 111 Å². The molecule has 10 heteroatoms. The van der Waals surface area contributed by atoms with Crippen molar-refractivity contribution in [3.8, 4) is 5.75 Å². The molecule has 0 fully saturated rings. The summed E-state index contributed by atoms with van der Waals surface area (Å²) in [7, 11) is 3.18. The standard InChI is InChI=1S/C19H23N3O6S/c1-13-8-16(21-28-13)20-17(23)11-29-12-19(25)27-10-18(24)22(2)9-14-6-4-5-7-15(14)26-3/h4-8H,9-12H2,1-3H3,(H,20,21,23). The molecular formula is C19H23N3O6S. The van der Waals surface area contributed by atoms with E-state index in [9.17, 15) is 14.4 Å². The van der Waals surface area contributed by atoms with Gasteiger partial charge in [-0.2, -0.15) is 0 Å². The molecule has 2 amide bonds. The van der Waals surface area contributed by atoms with Gasteiger partial charge in [-0.1, -0.05) is 23.4 Å². The minimum atomic E-state index is -0.570. The van der Waals surface area contributed by atoms with E-state index in [-0.39, 0.29) is 29.9 Å². The van der Waals surface area contributed by atoms with Crippen LogP contribution in [0.2, 0.25) is 0 Å². The number of esters is 1. The number of hydrogen-bond acceptors (Lipinski definition) is 8. The Kier molecular flexibility index (Phi) is 8.53. The number of benzene rings is 1. The molecule has 2 aromatic rings. The lowest BCUT2D eigenvalue weighted by atomic mass is 10.2. The van der Waals surface area contributed by atoms with Gasteiger partial charge in [0.1, 0.15) is 11.5 Å². The fraction of sp³-hybridized carbons (Fsp3) is 0.368. The van der Waals surface area contributed by atoms with Crippen LogP contribution < -0.4 is 10.1 Å². The van der Waals surface area contributed by atoms with Gasteiger partial charge >= 0.3 is 5.97 Å². The zero-order chi connectivity index (χ0) is 21.2. The molecule has 1 aromatic carbocycles. The Morgan fingerprint density at radius 1 is 1.24 bits per heavy atom. The molecule has 2 rings (SSSR count). The molecule has 156 valence electrons. The van der Waals surface area contributed by atoms with Crippen molar-refractivity contribution < 1.29 is 28.4 Å². The van der Waals surface area contributed by atoms with E-state index >= 15 is 0 Å². The molecule has 29 heavy (non-hydrogen) atoms. The average Bonchev–Trinajstić information content (AvgIpc) is 3.10. The maximum Gasteiger partial charge on any atom is 0.316 e. The van der Waals surface area contributed by atoms with Crippen LogP contribution in [0.1, 0.15) is 11.3 Å². The summed E-state index contributed by atoms with van der Waals surface area (Å²) in [6.45, 7) is 1.68. The molecule has 0 bridgehead atoms. The Balaban J connectivity index is 1.66. The number of para-hydroxylation sites is 1. The molecular weight excluding hydrogens is 398 g/mol. The molecule has 0 aliphatic rings. The maximum atomic E-state index is 12.2. The number of aryl methyl sites for hydroxylation is 1. The van der Waals surface area contributed by atoms with Crippen LogP contribution in [0.5, 0.6) is 5.75 Å². The smallest absolute Gasteiger partial charge is 0.316 e. The van der Waals surface area contributed by atoms with Crippen molar-refractivity contribution in [1.82, 2.24) is 10.1 Å². The van der Waals surface area contributed by atoms with Gasteiger partial charge in [-0.15, -0.1) is 11.8 Å². The summed E-state index contributed by atoms with van der Waals surface area (Å²) in [4.78, 5) is 37.1. The van der Waals surface area contributed by atoms with Crippen molar-refractivity contribution in [2.75, 3.05) is 37.6 Å². The lowest BCUT2D eigenvalue weighted by Gasteiger charge is -2.18. The van der Waals surface area contributed by atoms with E-state index in [4.69, 9.17) is 14.0 Å². The van der Waals surface area contributed by atoms with Crippen molar-refractivity contribution in [2.45, 2.75) is 13.5 Å². The second-order valence-corrected chi connectivity index (χ2v) is 7.07. The lowest BCUT2D eigenvalue weighted by molar-refractivity contribution is -0.149. The second kappa shape index (κ2) is 11.1. The summed E-state index contributed by atoms with van der Waals surface area (Å²) in [6, 6.07) is 8.95. The maximum absolute atomic E-state index is 12.2. The number of carbonyl (C=O) groups is 3. The zero-order valence-corrected chi connectivity index (χ0v) is 17.3. The van der Waals surface area contributed by atoms with Crippen LogP contribution in [0, 0.1) is 6.92 Å². The molecule has 1 aromatic heterocycles. The summed E-state index contributed by atoms with van der Waals surface area (Å²) in [5.41, 5.74) is 0.848. The van der Waals surface area contributed by atoms with Gasteiger partial charge in [0.25, 0.3) is 5.91 Å². The first-order valence-corrected chi connectivity index (χ1v) is 9.87. The summed E-state index contributed by atoms with van der Waals surface area (Å²) in [5, 5.41) is 6.19. The molecule has 0 atom stereocenters. The van der Waals surface area contributed by atoms with Gasteiger partial charge in [0.2, 0.25) is 5.91 Å². The molecule has 0 radical (unpaired) electrons. The van der Waals surface area contributed by atoms with Crippen molar-refractivity contribution in [1.29, 1.82) is 0 Å². The molecule has 0 saturated carbocycles. The number of thioether (sulfide) groups is 1. The van der Waals surface area contributed by atoms with Crippen LogP contribution in [0.3, 0.4) is 0 Å². The van der Waals surface area contributed by atoms with Crippen LogP contribution in [0.15, 0.2) is 34.9 Å². The zero-order valence-electron chi connectivity index (χ0n) is 16.5. The molecule has 0 saturated heterocycles. The molecule has 0 aliphatic heterocycles. The fourth-order valence-electron chi connectivity index (χ4n) is 2.30. The largest absolute Gasteiger partial charge is 0.496 e. The van der Waals surface area contributed by atoms with Crippen LogP contribution in [-0.2, 0) is 25.7 Å². The van der Waals surface area contributed by atoms with Crippen LogP contribution >= 0.6 is 11.8 Å². The highest BCUT2D eigenvalue weighted by molar-refractivity contribution is 8.00. The number of hydrogen-bond donors (Lipinski definition) is 1. The molecule has 0 spiro atoms. The highest BCUT2D eigenvalue weighted by atomic mass is 32.2. The van der Waals surface area contributed by atoms with E-state index < -0.39 is 5.97 Å². The van der Waals surface area contributed by atoms with Gasteiger partial charge in [0, 0.05) is 25.2 Å². The first-order valence-electron chi connectivity index (χ1n) is 8.71. The molecule has 1 heterocycles. The number of rotatable bonds is 10. The number of nitrogens with zero attached hydrogens (tertiary/aromatic N) is 2. The van der Waals surface area contributed by atoms with E-state index in [1.807, 2.05) is 24.3 Å². The molecule has 9 nitrogen and oxygen atoms in total. The van der Waals surface area contributed by atoms with Crippen LogP contribution in [-0.4, -0.2) is 60.1 Å². The van der Waals surface area contributed by atoms with Gasteiger partial charge in [0.15, 0.2) is 12.4 Å². The van der Waals surface area contributed by atoms with Gasteiger partial charge in [-0.25, -0.2) is 0 Å². The van der Waals surface area contributed by atoms with E-state index in [2.05, 4.69) is 10.5 Å². The minimum absolute atomic E-state index is 0.0443. The number of ether oxygens (including phenoxy) is 2. The van der Waals surface area contributed by atoms with Crippen LogP contribution in [0.25, 0.3) is 0 Å². The average molecular weight is 421 g/mol.